The van der Waals surface area contributed by atoms with Gasteiger partial charge >= 0.3 is 5.97 Å². The zero-order chi connectivity index (χ0) is 14.5. The Morgan fingerprint density at radius 3 is 2.79 bits per heavy atom. The van der Waals surface area contributed by atoms with E-state index in [0.717, 1.165) is 32.2 Å². The number of aliphatic hydroxyl groups is 1. The van der Waals surface area contributed by atoms with E-state index in [1.807, 2.05) is 20.8 Å². The van der Waals surface area contributed by atoms with Crippen molar-refractivity contribution in [2.45, 2.75) is 68.6 Å². The average molecular weight is 289 g/mol. The number of esters is 1. The van der Waals surface area contributed by atoms with Gasteiger partial charge in [0.15, 0.2) is 0 Å². The van der Waals surface area contributed by atoms with E-state index >= 15 is 0 Å². The predicted molar refractivity (Wildman–Crippen MR) is 79.4 cm³/mol. The van der Waals surface area contributed by atoms with Crippen LogP contribution in [0.25, 0.3) is 0 Å². The highest BCUT2D eigenvalue weighted by Gasteiger charge is 2.43. The highest BCUT2D eigenvalue weighted by Crippen LogP contribution is 2.38. The number of hydrogen-bond acceptors (Lipinski definition) is 5. The van der Waals surface area contributed by atoms with Crippen LogP contribution >= 0.6 is 11.8 Å². The zero-order valence-electron chi connectivity index (χ0n) is 12.4. The number of likely N-dealkylation sites (N-methyl/N-ethyl adjacent to an activating group) is 1. The monoisotopic (exact) mass is 289 g/mol. The summed E-state index contributed by atoms with van der Waals surface area (Å²) in [6, 6.07) is 0. The Bertz CT molecular complexity index is 294. The number of hydrogen-bond donors (Lipinski definition) is 2. The van der Waals surface area contributed by atoms with Crippen LogP contribution in [0.2, 0.25) is 0 Å². The van der Waals surface area contributed by atoms with E-state index in [1.165, 1.54) is 7.11 Å². The van der Waals surface area contributed by atoms with Gasteiger partial charge in [-0.1, -0.05) is 13.8 Å². The third-order valence-electron chi connectivity index (χ3n) is 3.88. The first-order chi connectivity index (χ1) is 8.95. The highest BCUT2D eigenvalue weighted by atomic mass is 32.2. The molecule has 1 aliphatic rings. The predicted octanol–water partition coefficient (Wildman–Crippen LogP) is 1.95. The number of ether oxygens (including phenoxy) is 1. The number of aliphatic hydroxyl groups excluding tert-OH is 1. The number of carbonyl (C=O) groups excluding carboxylic acids is 1. The first-order valence-electron chi connectivity index (χ1n) is 7.12. The van der Waals surface area contributed by atoms with Gasteiger partial charge in [-0.25, -0.2) is 0 Å². The Morgan fingerprint density at radius 2 is 2.26 bits per heavy atom. The molecule has 0 aromatic heterocycles. The molecule has 5 heteroatoms. The molecular formula is C14H27NO3S. The minimum atomic E-state index is -0.530. The van der Waals surface area contributed by atoms with E-state index in [0.29, 0.717) is 5.25 Å². The second-order valence-corrected chi connectivity index (χ2v) is 7.09. The van der Waals surface area contributed by atoms with Crippen LogP contribution in [-0.4, -0.2) is 46.9 Å². The number of nitrogens with one attached hydrogen (secondary N) is 1. The van der Waals surface area contributed by atoms with Gasteiger partial charge in [0, 0.05) is 10.5 Å². The standard InChI is InChI=1S/C14H27NO3S/c1-5-15-14(13(17)18-4)8-6-7-12(9-14)19-11(3)10(2)16/h10-12,15-16H,5-9H2,1-4H3. The maximum absolute atomic E-state index is 12.1. The number of rotatable bonds is 6. The number of thioether (sulfide) groups is 1. The summed E-state index contributed by atoms with van der Waals surface area (Å²) < 4.78 is 4.99. The third kappa shape index (κ3) is 4.36. The molecule has 0 saturated heterocycles. The van der Waals surface area contributed by atoms with Crippen LogP contribution in [0.15, 0.2) is 0 Å². The van der Waals surface area contributed by atoms with Crippen LogP contribution in [0, 0.1) is 0 Å². The smallest absolute Gasteiger partial charge is 0.326 e. The Hall–Kier alpha value is -0.260. The van der Waals surface area contributed by atoms with Gasteiger partial charge < -0.3 is 15.2 Å². The molecule has 0 radical (unpaired) electrons. The van der Waals surface area contributed by atoms with Crippen LogP contribution in [-0.2, 0) is 9.53 Å². The van der Waals surface area contributed by atoms with E-state index in [4.69, 9.17) is 4.74 Å². The van der Waals surface area contributed by atoms with Crippen molar-refractivity contribution in [1.29, 1.82) is 0 Å². The van der Waals surface area contributed by atoms with Crippen molar-refractivity contribution in [3.63, 3.8) is 0 Å². The van der Waals surface area contributed by atoms with Crippen molar-refractivity contribution in [2.75, 3.05) is 13.7 Å². The van der Waals surface area contributed by atoms with Gasteiger partial charge in [-0.2, -0.15) is 11.8 Å². The summed E-state index contributed by atoms with van der Waals surface area (Å²) in [5.74, 6) is -0.149. The minimum Gasteiger partial charge on any atom is -0.468 e. The average Bonchev–Trinajstić information content (AvgIpc) is 2.38. The summed E-state index contributed by atoms with van der Waals surface area (Å²) in [7, 11) is 1.45. The zero-order valence-corrected chi connectivity index (χ0v) is 13.3. The molecule has 1 aliphatic carbocycles. The molecule has 0 aliphatic heterocycles. The minimum absolute atomic E-state index is 0.149. The van der Waals surface area contributed by atoms with Crippen LogP contribution in [0.4, 0.5) is 0 Å². The van der Waals surface area contributed by atoms with Crippen LogP contribution in [0.5, 0.6) is 0 Å². The summed E-state index contributed by atoms with van der Waals surface area (Å²) in [6.07, 6.45) is 3.43. The second-order valence-electron chi connectivity index (χ2n) is 5.40. The molecule has 0 heterocycles. The first-order valence-corrected chi connectivity index (χ1v) is 8.06. The molecule has 1 saturated carbocycles. The van der Waals surface area contributed by atoms with Gasteiger partial charge in [-0.3, -0.25) is 4.79 Å². The number of carbonyl (C=O) groups is 1. The molecule has 2 N–H and O–H groups in total. The molecular weight excluding hydrogens is 262 g/mol. The Balaban J connectivity index is 2.71. The maximum atomic E-state index is 12.1. The van der Waals surface area contributed by atoms with Crippen molar-refractivity contribution in [3.05, 3.63) is 0 Å². The molecule has 0 bridgehead atoms. The summed E-state index contributed by atoms with van der Waals surface area (Å²) in [5, 5.41) is 13.5. The van der Waals surface area contributed by atoms with E-state index < -0.39 is 5.54 Å². The fraction of sp³-hybridized carbons (Fsp3) is 0.929. The Morgan fingerprint density at radius 1 is 1.58 bits per heavy atom. The van der Waals surface area contributed by atoms with Gasteiger partial charge in [-0.05, 0) is 39.2 Å². The normalized spacial score (nSPS) is 30.7. The molecule has 1 rings (SSSR count). The molecule has 0 spiro atoms. The lowest BCUT2D eigenvalue weighted by atomic mass is 9.81. The first kappa shape index (κ1) is 16.8. The third-order valence-corrected chi connectivity index (χ3v) is 5.49. The lowest BCUT2D eigenvalue weighted by Gasteiger charge is -2.39. The molecule has 1 fully saturated rings. The van der Waals surface area contributed by atoms with Crippen molar-refractivity contribution in [3.8, 4) is 0 Å². The molecule has 4 unspecified atom stereocenters. The van der Waals surface area contributed by atoms with Gasteiger partial charge in [0.05, 0.1) is 13.2 Å². The van der Waals surface area contributed by atoms with Crippen molar-refractivity contribution in [1.82, 2.24) is 5.32 Å². The van der Waals surface area contributed by atoms with E-state index in [1.54, 1.807) is 11.8 Å². The van der Waals surface area contributed by atoms with Crippen LogP contribution < -0.4 is 5.32 Å². The van der Waals surface area contributed by atoms with Gasteiger partial charge in [-0.15, -0.1) is 0 Å². The van der Waals surface area contributed by atoms with Gasteiger partial charge in [0.2, 0.25) is 0 Å². The van der Waals surface area contributed by atoms with Crippen molar-refractivity contribution >= 4 is 17.7 Å². The van der Waals surface area contributed by atoms with Crippen LogP contribution in [0.3, 0.4) is 0 Å². The summed E-state index contributed by atoms with van der Waals surface area (Å²) in [6.45, 7) is 6.63. The second kappa shape index (κ2) is 7.50. The summed E-state index contributed by atoms with van der Waals surface area (Å²) >= 11 is 1.79. The molecule has 19 heavy (non-hydrogen) atoms. The lowest BCUT2D eigenvalue weighted by molar-refractivity contribution is -0.150. The lowest BCUT2D eigenvalue weighted by Crippen LogP contribution is -2.56. The van der Waals surface area contributed by atoms with Crippen LogP contribution in [0.1, 0.15) is 46.5 Å². The Kier molecular flexibility index (Phi) is 6.63. The van der Waals surface area contributed by atoms with Crippen molar-refractivity contribution < 1.29 is 14.6 Å². The summed E-state index contributed by atoms with van der Waals surface area (Å²) in [5.41, 5.74) is -0.530. The largest absolute Gasteiger partial charge is 0.468 e. The van der Waals surface area contributed by atoms with Gasteiger partial charge in [0.25, 0.3) is 0 Å². The van der Waals surface area contributed by atoms with E-state index in [9.17, 15) is 9.90 Å². The van der Waals surface area contributed by atoms with E-state index in [-0.39, 0.29) is 17.3 Å². The number of methoxy groups -OCH3 is 1. The van der Waals surface area contributed by atoms with E-state index in [2.05, 4.69) is 5.32 Å². The Labute approximate surface area is 120 Å². The molecule has 112 valence electrons. The van der Waals surface area contributed by atoms with Gasteiger partial charge in [0.1, 0.15) is 5.54 Å². The van der Waals surface area contributed by atoms with Crippen molar-refractivity contribution in [2.24, 2.45) is 0 Å². The molecule has 4 atom stereocenters. The molecule has 4 nitrogen and oxygen atoms in total. The molecule has 0 aromatic carbocycles. The highest BCUT2D eigenvalue weighted by molar-refractivity contribution is 8.00. The summed E-state index contributed by atoms with van der Waals surface area (Å²) in [4.78, 5) is 12.1. The fourth-order valence-corrected chi connectivity index (χ4v) is 4.23. The topological polar surface area (TPSA) is 58.6 Å². The SMILES string of the molecule is CCNC1(C(=O)OC)CCCC(SC(C)C(C)O)C1. The molecule has 0 amide bonds. The quantitative estimate of drug-likeness (QED) is 0.732. The molecule has 0 aromatic rings. The maximum Gasteiger partial charge on any atom is 0.326 e. The fourth-order valence-electron chi connectivity index (χ4n) is 2.71.